The van der Waals surface area contributed by atoms with Crippen LogP contribution in [-0.2, 0) is 4.79 Å². The largest absolute Gasteiger partial charge is 0.360 e. The lowest BCUT2D eigenvalue weighted by Gasteiger charge is -2.05. The molecule has 1 aromatic rings. The van der Waals surface area contributed by atoms with Crippen molar-refractivity contribution in [3.8, 4) is 6.07 Å². The van der Waals surface area contributed by atoms with Crippen LogP contribution in [-0.4, -0.2) is 18.3 Å². The summed E-state index contributed by atoms with van der Waals surface area (Å²) in [5.41, 5.74) is 1.67. The Kier molecular flexibility index (Phi) is 6.92. The number of benzene rings is 1. The lowest BCUT2D eigenvalue weighted by Crippen LogP contribution is -2.26. The second-order valence-corrected chi connectivity index (χ2v) is 4.86. The first-order chi connectivity index (χ1) is 9.58. The van der Waals surface area contributed by atoms with Gasteiger partial charge in [0.2, 0.25) is 0 Å². The van der Waals surface area contributed by atoms with Crippen molar-refractivity contribution >= 4 is 34.8 Å². The Morgan fingerprint density at radius 2 is 2.25 bits per heavy atom. The smallest absolute Gasteiger partial charge is 0.263 e. The Labute approximate surface area is 128 Å². The number of amides is 1. The zero-order valence-corrected chi connectivity index (χ0v) is 12.6. The maximum absolute atomic E-state index is 11.7. The zero-order valence-electron chi connectivity index (χ0n) is 11.0. The van der Waals surface area contributed by atoms with Crippen molar-refractivity contribution in [3.63, 3.8) is 0 Å². The highest BCUT2D eigenvalue weighted by Crippen LogP contribution is 2.20. The molecule has 0 atom stereocenters. The fourth-order valence-electron chi connectivity index (χ4n) is 1.35. The molecule has 20 heavy (non-hydrogen) atoms. The number of nitrogens with zero attached hydrogens (tertiary/aromatic N) is 1. The van der Waals surface area contributed by atoms with Crippen molar-refractivity contribution in [2.75, 3.05) is 17.7 Å². The van der Waals surface area contributed by atoms with Gasteiger partial charge in [0.25, 0.3) is 5.91 Å². The Hall–Kier alpha value is -1.70. The quantitative estimate of drug-likeness (QED) is 0.367. The molecule has 1 rings (SSSR count). The summed E-state index contributed by atoms with van der Waals surface area (Å²) in [6, 6.07) is 7.25. The lowest BCUT2D eigenvalue weighted by atomic mass is 10.2. The molecule has 0 fully saturated rings. The summed E-state index contributed by atoms with van der Waals surface area (Å²) in [4.78, 5) is 11.7. The van der Waals surface area contributed by atoms with Gasteiger partial charge in [0.1, 0.15) is 11.6 Å². The monoisotopic (exact) mass is 311 g/mol. The highest BCUT2D eigenvalue weighted by atomic mass is 35.5. The van der Waals surface area contributed by atoms with Crippen molar-refractivity contribution in [2.24, 2.45) is 0 Å². The molecule has 1 aromatic carbocycles. The van der Waals surface area contributed by atoms with Gasteiger partial charge in [0.15, 0.2) is 0 Å². The summed E-state index contributed by atoms with van der Waals surface area (Å²) >= 11 is 11.5. The highest BCUT2D eigenvalue weighted by Gasteiger charge is 2.07. The second kappa shape index (κ2) is 8.47. The second-order valence-electron chi connectivity index (χ2n) is 4.08. The third-order valence-electron chi connectivity index (χ3n) is 2.52. The number of hydrogen-bond acceptors (Lipinski definition) is 3. The number of carbonyl (C=O) groups is 1. The molecule has 2 N–H and O–H groups in total. The first-order valence-electron chi connectivity index (χ1n) is 6.05. The van der Waals surface area contributed by atoms with Crippen LogP contribution in [0.2, 0.25) is 5.02 Å². The number of halogens is 2. The number of rotatable bonds is 6. The van der Waals surface area contributed by atoms with Crippen molar-refractivity contribution < 1.29 is 4.79 Å². The van der Waals surface area contributed by atoms with E-state index in [2.05, 4.69) is 10.6 Å². The van der Waals surface area contributed by atoms with Crippen LogP contribution >= 0.6 is 23.2 Å². The molecule has 0 aliphatic heterocycles. The Morgan fingerprint density at radius 1 is 1.50 bits per heavy atom. The molecule has 0 aromatic heterocycles. The molecular formula is C14H15Cl2N3O. The number of carbonyl (C=O) groups excluding carboxylic acids is 1. The van der Waals surface area contributed by atoms with E-state index < -0.39 is 5.91 Å². The van der Waals surface area contributed by atoms with E-state index >= 15 is 0 Å². The molecule has 0 spiro atoms. The summed E-state index contributed by atoms with van der Waals surface area (Å²) in [5, 5.41) is 15.1. The van der Waals surface area contributed by atoms with E-state index in [0.29, 0.717) is 29.6 Å². The van der Waals surface area contributed by atoms with Crippen molar-refractivity contribution in [2.45, 2.75) is 13.3 Å². The van der Waals surface area contributed by atoms with E-state index in [-0.39, 0.29) is 5.57 Å². The molecule has 0 aliphatic rings. The summed E-state index contributed by atoms with van der Waals surface area (Å²) in [6.07, 6.45) is 2.02. The van der Waals surface area contributed by atoms with Crippen molar-refractivity contribution in [1.29, 1.82) is 5.26 Å². The van der Waals surface area contributed by atoms with Crippen molar-refractivity contribution in [1.82, 2.24) is 5.32 Å². The van der Waals surface area contributed by atoms with Gasteiger partial charge in [-0.05, 0) is 31.0 Å². The summed E-state index contributed by atoms with van der Waals surface area (Å²) in [6.45, 7) is 2.34. The van der Waals surface area contributed by atoms with Gasteiger partial charge in [-0.1, -0.05) is 17.7 Å². The zero-order chi connectivity index (χ0) is 15.0. The first-order valence-corrected chi connectivity index (χ1v) is 6.97. The first kappa shape index (κ1) is 16.4. The molecule has 106 valence electrons. The Bertz CT molecular complexity index is 550. The molecule has 1 amide bonds. The number of hydrogen-bond donors (Lipinski definition) is 2. The third-order valence-corrected chi connectivity index (χ3v) is 3.19. The fraction of sp³-hybridized carbons (Fsp3) is 0.286. The molecule has 0 saturated heterocycles. The van der Waals surface area contributed by atoms with Gasteiger partial charge in [0.05, 0.1) is 0 Å². The van der Waals surface area contributed by atoms with E-state index in [0.717, 1.165) is 5.56 Å². The fourth-order valence-corrected chi connectivity index (χ4v) is 1.66. The van der Waals surface area contributed by atoms with Crippen LogP contribution in [0.4, 0.5) is 5.69 Å². The molecule has 0 aliphatic carbocycles. The van der Waals surface area contributed by atoms with Gasteiger partial charge in [0, 0.05) is 29.3 Å². The molecule has 6 heteroatoms. The topological polar surface area (TPSA) is 64.9 Å². The molecule has 0 unspecified atom stereocenters. The molecule has 0 heterocycles. The summed E-state index contributed by atoms with van der Waals surface area (Å²) in [7, 11) is 0. The Morgan fingerprint density at radius 3 is 2.85 bits per heavy atom. The van der Waals surface area contributed by atoms with Gasteiger partial charge < -0.3 is 10.6 Å². The number of aryl methyl sites for hydroxylation is 1. The maximum atomic E-state index is 11.7. The third kappa shape index (κ3) is 5.12. The van der Waals surface area contributed by atoms with Gasteiger partial charge >= 0.3 is 0 Å². The molecular weight excluding hydrogens is 297 g/mol. The predicted molar refractivity (Wildman–Crippen MR) is 81.9 cm³/mol. The average Bonchev–Trinajstić information content (AvgIpc) is 2.43. The van der Waals surface area contributed by atoms with Gasteiger partial charge in [-0.15, -0.1) is 11.6 Å². The number of alkyl halides is 1. The average molecular weight is 312 g/mol. The van der Waals surface area contributed by atoms with Crippen molar-refractivity contribution in [3.05, 3.63) is 40.6 Å². The van der Waals surface area contributed by atoms with E-state index in [4.69, 9.17) is 28.5 Å². The number of nitriles is 1. The lowest BCUT2D eigenvalue weighted by molar-refractivity contribution is -0.117. The van der Waals surface area contributed by atoms with E-state index in [1.807, 2.05) is 25.1 Å². The molecule has 4 nitrogen and oxygen atoms in total. The maximum Gasteiger partial charge on any atom is 0.263 e. The van der Waals surface area contributed by atoms with Crippen LogP contribution < -0.4 is 10.6 Å². The van der Waals surface area contributed by atoms with Crippen LogP contribution in [0.1, 0.15) is 12.0 Å². The molecule has 0 radical (unpaired) electrons. The van der Waals surface area contributed by atoms with Crippen LogP contribution in [0.25, 0.3) is 0 Å². The Balaban J connectivity index is 2.67. The van der Waals surface area contributed by atoms with E-state index in [9.17, 15) is 4.79 Å². The van der Waals surface area contributed by atoms with Crippen LogP contribution in [0.3, 0.4) is 0 Å². The standard InChI is InChI=1S/C14H15Cl2N3O/c1-10-3-4-12(7-13(10)16)19-9-11(8-17)14(20)18-6-2-5-15/h3-4,7,9,19H,2,5-6H2,1H3,(H,18,20)/b11-9-. The van der Waals surface area contributed by atoms with Gasteiger partial charge in [-0.3, -0.25) is 4.79 Å². The van der Waals surface area contributed by atoms with Gasteiger partial charge in [-0.2, -0.15) is 5.26 Å². The van der Waals surface area contributed by atoms with Crippen LogP contribution in [0.15, 0.2) is 30.0 Å². The summed E-state index contributed by atoms with van der Waals surface area (Å²) < 4.78 is 0. The van der Waals surface area contributed by atoms with Gasteiger partial charge in [-0.25, -0.2) is 0 Å². The van der Waals surface area contributed by atoms with Crippen LogP contribution in [0, 0.1) is 18.3 Å². The minimum atomic E-state index is -0.427. The number of nitrogens with one attached hydrogen (secondary N) is 2. The van der Waals surface area contributed by atoms with Crippen LogP contribution in [0.5, 0.6) is 0 Å². The number of anilines is 1. The SMILES string of the molecule is Cc1ccc(N/C=C(/C#N)C(=O)NCCCCl)cc1Cl. The highest BCUT2D eigenvalue weighted by molar-refractivity contribution is 6.31. The normalized spacial score (nSPS) is 10.8. The summed E-state index contributed by atoms with van der Waals surface area (Å²) in [5.74, 6) is 0.0368. The minimum absolute atomic E-state index is 0.00345. The predicted octanol–water partition coefficient (Wildman–Crippen LogP) is 3.21. The molecule has 0 saturated carbocycles. The minimum Gasteiger partial charge on any atom is -0.360 e. The van der Waals surface area contributed by atoms with E-state index in [1.54, 1.807) is 6.07 Å². The van der Waals surface area contributed by atoms with E-state index in [1.165, 1.54) is 6.20 Å². The molecule has 0 bridgehead atoms.